The van der Waals surface area contributed by atoms with Gasteiger partial charge in [-0.3, -0.25) is 4.79 Å². The van der Waals surface area contributed by atoms with Crippen LogP contribution < -0.4 is 4.90 Å². The number of fused-ring (bicyclic) bond motifs is 1. The predicted octanol–water partition coefficient (Wildman–Crippen LogP) is 2.21. The van der Waals surface area contributed by atoms with E-state index < -0.39 is 10.0 Å². The second-order valence-corrected chi connectivity index (χ2v) is 9.11. The van der Waals surface area contributed by atoms with E-state index in [1.807, 2.05) is 6.92 Å². The second kappa shape index (κ2) is 6.76. The maximum absolute atomic E-state index is 12.8. The maximum atomic E-state index is 12.8. The summed E-state index contributed by atoms with van der Waals surface area (Å²) < 4.78 is 32.2. The van der Waals surface area contributed by atoms with E-state index in [9.17, 15) is 13.2 Å². The number of nitrogens with zero attached hydrogens (tertiary/aromatic N) is 3. The topological polar surface area (TPSA) is 83.7 Å². The van der Waals surface area contributed by atoms with Gasteiger partial charge in [0.25, 0.3) is 0 Å². The van der Waals surface area contributed by atoms with Crippen LogP contribution in [-0.2, 0) is 27.7 Å². The van der Waals surface area contributed by atoms with Gasteiger partial charge in [-0.15, -0.1) is 0 Å². The van der Waals surface area contributed by atoms with Crippen molar-refractivity contribution in [2.45, 2.75) is 44.4 Å². The summed E-state index contributed by atoms with van der Waals surface area (Å²) in [6.45, 7) is 5.36. The molecule has 3 heterocycles. The van der Waals surface area contributed by atoms with Crippen LogP contribution in [0.2, 0.25) is 0 Å². The fraction of sp³-hybridized carbons (Fsp3) is 0.474. The molecule has 0 saturated carbocycles. The number of rotatable bonds is 4. The zero-order chi connectivity index (χ0) is 19.2. The molecule has 8 heteroatoms. The Kier molecular flexibility index (Phi) is 4.55. The van der Waals surface area contributed by atoms with Gasteiger partial charge in [0, 0.05) is 30.9 Å². The van der Waals surface area contributed by atoms with Gasteiger partial charge < -0.3 is 9.42 Å². The van der Waals surface area contributed by atoms with Gasteiger partial charge in [-0.05, 0) is 56.9 Å². The summed E-state index contributed by atoms with van der Waals surface area (Å²) in [5, 5.41) is 3.90. The maximum Gasteiger partial charge on any atom is 0.243 e. The van der Waals surface area contributed by atoms with E-state index in [4.69, 9.17) is 4.52 Å². The Morgan fingerprint density at radius 1 is 1.19 bits per heavy atom. The van der Waals surface area contributed by atoms with Gasteiger partial charge in [-0.1, -0.05) is 5.16 Å². The SMILES string of the molecule is Cc1noc(C)c1CC(=O)N1CCc2cc(S(=O)(=O)N3CCCC3)ccc21. The largest absolute Gasteiger partial charge is 0.361 e. The number of carbonyl (C=O) groups is 1. The van der Waals surface area contributed by atoms with Crippen LogP contribution >= 0.6 is 0 Å². The molecule has 1 fully saturated rings. The van der Waals surface area contributed by atoms with Crippen LogP contribution in [-0.4, -0.2) is 43.4 Å². The Bertz CT molecular complexity index is 971. The molecule has 144 valence electrons. The molecule has 0 aliphatic carbocycles. The van der Waals surface area contributed by atoms with Crippen molar-refractivity contribution in [1.29, 1.82) is 0 Å². The number of anilines is 1. The minimum atomic E-state index is -3.44. The number of amides is 1. The van der Waals surface area contributed by atoms with Crippen LogP contribution in [0.5, 0.6) is 0 Å². The number of sulfonamides is 1. The van der Waals surface area contributed by atoms with Crippen molar-refractivity contribution in [3.8, 4) is 0 Å². The summed E-state index contributed by atoms with van der Waals surface area (Å²) in [4.78, 5) is 14.9. The molecule has 2 aliphatic heterocycles. The number of hydrogen-bond donors (Lipinski definition) is 0. The molecule has 1 aromatic heterocycles. The van der Waals surface area contributed by atoms with E-state index in [2.05, 4.69) is 5.16 Å². The van der Waals surface area contributed by atoms with Crippen molar-refractivity contribution in [3.05, 3.63) is 40.8 Å². The number of hydrogen-bond acceptors (Lipinski definition) is 5. The third-order valence-corrected chi connectivity index (χ3v) is 7.35. The third kappa shape index (κ3) is 3.17. The number of aromatic nitrogens is 1. The highest BCUT2D eigenvalue weighted by molar-refractivity contribution is 7.89. The van der Waals surface area contributed by atoms with E-state index in [1.54, 1.807) is 34.3 Å². The summed E-state index contributed by atoms with van der Waals surface area (Å²) >= 11 is 0. The number of benzene rings is 1. The van der Waals surface area contributed by atoms with Crippen LogP contribution in [0, 0.1) is 13.8 Å². The van der Waals surface area contributed by atoms with E-state index in [-0.39, 0.29) is 12.3 Å². The van der Waals surface area contributed by atoms with Crippen molar-refractivity contribution >= 4 is 21.6 Å². The van der Waals surface area contributed by atoms with Gasteiger partial charge in [0.05, 0.1) is 17.0 Å². The lowest BCUT2D eigenvalue weighted by molar-refractivity contribution is -0.117. The normalized spacial score (nSPS) is 17.5. The molecule has 27 heavy (non-hydrogen) atoms. The molecule has 2 aliphatic rings. The first-order valence-electron chi connectivity index (χ1n) is 9.23. The van der Waals surface area contributed by atoms with Crippen molar-refractivity contribution in [2.24, 2.45) is 0 Å². The molecule has 1 amide bonds. The first-order chi connectivity index (χ1) is 12.9. The van der Waals surface area contributed by atoms with Crippen molar-refractivity contribution < 1.29 is 17.7 Å². The highest BCUT2D eigenvalue weighted by atomic mass is 32.2. The van der Waals surface area contributed by atoms with Crippen molar-refractivity contribution in [3.63, 3.8) is 0 Å². The average molecular weight is 389 g/mol. The number of aryl methyl sites for hydroxylation is 2. The molecular formula is C19H23N3O4S. The minimum Gasteiger partial charge on any atom is -0.361 e. The first kappa shape index (κ1) is 18.2. The highest BCUT2D eigenvalue weighted by Gasteiger charge is 2.31. The molecule has 7 nitrogen and oxygen atoms in total. The van der Waals surface area contributed by atoms with E-state index in [0.29, 0.717) is 36.7 Å². The molecule has 4 rings (SSSR count). The molecular weight excluding hydrogens is 366 g/mol. The predicted molar refractivity (Wildman–Crippen MR) is 100 cm³/mol. The molecule has 0 radical (unpaired) electrons. The lowest BCUT2D eigenvalue weighted by Gasteiger charge is -2.19. The lowest BCUT2D eigenvalue weighted by Crippen LogP contribution is -2.30. The smallest absolute Gasteiger partial charge is 0.243 e. The van der Waals surface area contributed by atoms with Crippen LogP contribution in [0.3, 0.4) is 0 Å². The summed E-state index contributed by atoms with van der Waals surface area (Å²) in [5.74, 6) is 0.630. The molecule has 0 unspecified atom stereocenters. The Morgan fingerprint density at radius 3 is 2.59 bits per heavy atom. The van der Waals surface area contributed by atoms with Gasteiger partial charge in [0.15, 0.2) is 0 Å². The molecule has 0 spiro atoms. The van der Waals surface area contributed by atoms with Gasteiger partial charge >= 0.3 is 0 Å². The minimum absolute atomic E-state index is 0.0294. The first-order valence-corrected chi connectivity index (χ1v) is 10.7. The molecule has 0 atom stereocenters. The Morgan fingerprint density at radius 2 is 1.93 bits per heavy atom. The third-order valence-electron chi connectivity index (χ3n) is 5.46. The quantitative estimate of drug-likeness (QED) is 0.801. The molecule has 2 aromatic rings. The van der Waals surface area contributed by atoms with Crippen molar-refractivity contribution in [1.82, 2.24) is 9.46 Å². The van der Waals surface area contributed by atoms with Crippen LogP contribution in [0.4, 0.5) is 5.69 Å². The van der Waals surface area contributed by atoms with Crippen molar-refractivity contribution in [2.75, 3.05) is 24.5 Å². The van der Waals surface area contributed by atoms with Crippen LogP contribution in [0.25, 0.3) is 0 Å². The highest BCUT2D eigenvalue weighted by Crippen LogP contribution is 2.32. The van der Waals surface area contributed by atoms with Gasteiger partial charge in [-0.25, -0.2) is 8.42 Å². The molecule has 1 saturated heterocycles. The summed E-state index contributed by atoms with van der Waals surface area (Å²) in [6.07, 6.45) is 2.71. The molecule has 1 aromatic carbocycles. The van der Waals surface area contributed by atoms with Crippen LogP contribution in [0.1, 0.15) is 35.4 Å². The lowest BCUT2D eigenvalue weighted by atomic mass is 10.1. The monoisotopic (exact) mass is 389 g/mol. The van der Waals surface area contributed by atoms with Gasteiger partial charge in [0.1, 0.15) is 5.76 Å². The summed E-state index contributed by atoms with van der Waals surface area (Å²) in [6, 6.07) is 5.11. The van der Waals surface area contributed by atoms with E-state index in [0.717, 1.165) is 35.3 Å². The fourth-order valence-electron chi connectivity index (χ4n) is 3.88. The summed E-state index contributed by atoms with van der Waals surface area (Å²) in [5.41, 5.74) is 3.25. The Hall–Kier alpha value is -2.19. The Labute approximate surface area is 159 Å². The van der Waals surface area contributed by atoms with Gasteiger partial charge in [0.2, 0.25) is 15.9 Å². The zero-order valence-electron chi connectivity index (χ0n) is 15.6. The van der Waals surface area contributed by atoms with Crippen LogP contribution in [0.15, 0.2) is 27.6 Å². The van der Waals surface area contributed by atoms with Gasteiger partial charge in [-0.2, -0.15) is 4.31 Å². The standard InChI is InChI=1S/C19H23N3O4S/c1-13-17(14(2)26-20-13)12-19(23)22-10-7-15-11-16(5-6-18(15)22)27(24,25)21-8-3-4-9-21/h5-6,11H,3-4,7-10,12H2,1-2H3. The molecule has 0 bridgehead atoms. The summed E-state index contributed by atoms with van der Waals surface area (Å²) in [7, 11) is -3.44. The fourth-order valence-corrected chi connectivity index (χ4v) is 5.44. The molecule has 0 N–H and O–H groups in total. The zero-order valence-corrected chi connectivity index (χ0v) is 16.4. The Balaban J connectivity index is 1.57. The number of carbonyl (C=O) groups excluding carboxylic acids is 1. The van der Waals surface area contributed by atoms with E-state index in [1.165, 1.54) is 0 Å². The van der Waals surface area contributed by atoms with E-state index >= 15 is 0 Å². The second-order valence-electron chi connectivity index (χ2n) is 7.18. The average Bonchev–Trinajstić information content (AvgIpc) is 3.37.